The number of sulfonamides is 1. The third-order valence-corrected chi connectivity index (χ3v) is 6.76. The van der Waals surface area contributed by atoms with Crippen molar-refractivity contribution in [1.29, 1.82) is 0 Å². The van der Waals surface area contributed by atoms with Crippen LogP contribution in [-0.2, 0) is 21.2 Å². The summed E-state index contributed by atoms with van der Waals surface area (Å²) in [4.78, 5) is 11.1. The van der Waals surface area contributed by atoms with E-state index in [0.717, 1.165) is 25.3 Å². The van der Waals surface area contributed by atoms with Crippen molar-refractivity contribution in [3.63, 3.8) is 0 Å². The Balaban J connectivity index is 2.22. The van der Waals surface area contributed by atoms with Crippen LogP contribution < -0.4 is 0 Å². The molecule has 1 heterocycles. The van der Waals surface area contributed by atoms with Crippen LogP contribution in [0.1, 0.15) is 54.9 Å². The number of ether oxygens (including phenoxy) is 1. The summed E-state index contributed by atoms with van der Waals surface area (Å²) in [6.45, 7) is 2.72. The van der Waals surface area contributed by atoms with Gasteiger partial charge in [-0.05, 0) is 43.4 Å². The Morgan fingerprint density at radius 3 is 2.78 bits per heavy atom. The molecule has 1 aromatic carbocycles. The van der Waals surface area contributed by atoms with Gasteiger partial charge in [-0.15, -0.1) is 0 Å². The van der Waals surface area contributed by atoms with Crippen molar-refractivity contribution in [3.8, 4) is 0 Å². The lowest BCUT2D eigenvalue weighted by atomic mass is 10.1. The van der Waals surface area contributed by atoms with E-state index in [4.69, 9.17) is 4.74 Å². The first-order valence-corrected chi connectivity index (χ1v) is 10.9. The summed E-state index contributed by atoms with van der Waals surface area (Å²) in [6, 6.07) is 3.85. The minimum atomic E-state index is -3.90. The fourth-order valence-electron chi connectivity index (χ4n) is 3.22. The van der Waals surface area contributed by atoms with Gasteiger partial charge in [0.1, 0.15) is 0 Å². The Labute approximate surface area is 160 Å². The molecular formula is C19H28FNO5S. The molecule has 1 atom stereocenters. The summed E-state index contributed by atoms with van der Waals surface area (Å²) < 4.78 is 46.4. The standard InChI is InChI=1S/C19H28FNO5S/c1-2-3-13-26-17-5-4-11-21(12-9-17)27(24,25)18-14-16(19(22)23)7-6-15(18)8-10-20/h6-7,14,17H,2-5,8-13H2,1H3,(H,22,23). The molecular weight excluding hydrogens is 373 g/mol. The van der Waals surface area contributed by atoms with Gasteiger partial charge in [0.2, 0.25) is 10.0 Å². The third kappa shape index (κ3) is 5.73. The zero-order valence-corrected chi connectivity index (χ0v) is 16.5. The molecule has 0 bridgehead atoms. The van der Waals surface area contributed by atoms with Gasteiger partial charge >= 0.3 is 5.97 Å². The molecule has 0 aliphatic carbocycles. The van der Waals surface area contributed by atoms with E-state index in [1.165, 1.54) is 16.4 Å². The number of nitrogens with zero attached hydrogens (tertiary/aromatic N) is 1. The van der Waals surface area contributed by atoms with Crippen molar-refractivity contribution in [2.24, 2.45) is 0 Å². The van der Waals surface area contributed by atoms with Crippen LogP contribution in [0, 0.1) is 0 Å². The van der Waals surface area contributed by atoms with Gasteiger partial charge in [-0.25, -0.2) is 13.2 Å². The van der Waals surface area contributed by atoms with Gasteiger partial charge in [-0.2, -0.15) is 4.31 Å². The van der Waals surface area contributed by atoms with Crippen LogP contribution in [0.2, 0.25) is 0 Å². The molecule has 0 saturated carbocycles. The lowest BCUT2D eigenvalue weighted by Gasteiger charge is -2.22. The van der Waals surface area contributed by atoms with Crippen LogP contribution >= 0.6 is 0 Å². The Hall–Kier alpha value is -1.51. The van der Waals surface area contributed by atoms with Crippen LogP contribution in [0.5, 0.6) is 0 Å². The molecule has 0 amide bonds. The van der Waals surface area contributed by atoms with Crippen LogP contribution in [0.3, 0.4) is 0 Å². The molecule has 0 aromatic heterocycles. The highest BCUT2D eigenvalue weighted by molar-refractivity contribution is 7.89. The predicted octanol–water partition coefficient (Wildman–Crippen LogP) is 3.26. The smallest absolute Gasteiger partial charge is 0.335 e. The maximum absolute atomic E-state index is 13.1. The normalized spacial score (nSPS) is 19.0. The number of hydrogen-bond acceptors (Lipinski definition) is 4. The van der Waals surface area contributed by atoms with Gasteiger partial charge < -0.3 is 9.84 Å². The SMILES string of the molecule is CCCCOC1CCCN(S(=O)(=O)c2cc(C(=O)O)ccc2CCF)CC1. The summed E-state index contributed by atoms with van der Waals surface area (Å²) in [7, 11) is -3.90. The topological polar surface area (TPSA) is 83.9 Å². The van der Waals surface area contributed by atoms with Gasteiger partial charge in [-0.3, -0.25) is 4.39 Å². The lowest BCUT2D eigenvalue weighted by Crippen LogP contribution is -2.33. The minimum absolute atomic E-state index is 0.0346. The van der Waals surface area contributed by atoms with E-state index >= 15 is 0 Å². The van der Waals surface area contributed by atoms with Crippen molar-refractivity contribution in [3.05, 3.63) is 29.3 Å². The second-order valence-corrected chi connectivity index (χ2v) is 8.65. The average Bonchev–Trinajstić information content (AvgIpc) is 2.88. The second-order valence-electron chi connectivity index (χ2n) is 6.75. The van der Waals surface area contributed by atoms with E-state index in [1.54, 1.807) is 0 Å². The zero-order chi connectivity index (χ0) is 19.9. The number of unbranched alkanes of at least 4 members (excludes halogenated alkanes) is 1. The molecule has 1 fully saturated rings. The number of rotatable bonds is 9. The summed E-state index contributed by atoms with van der Waals surface area (Å²) >= 11 is 0. The lowest BCUT2D eigenvalue weighted by molar-refractivity contribution is 0.0428. The van der Waals surface area contributed by atoms with Gasteiger partial charge in [0.15, 0.2) is 0 Å². The van der Waals surface area contributed by atoms with Crippen molar-refractivity contribution in [1.82, 2.24) is 4.31 Å². The molecule has 8 heteroatoms. The highest BCUT2D eigenvalue weighted by Crippen LogP contribution is 2.26. The van der Waals surface area contributed by atoms with Crippen molar-refractivity contribution >= 4 is 16.0 Å². The quantitative estimate of drug-likeness (QED) is 0.642. The van der Waals surface area contributed by atoms with Gasteiger partial charge in [0.25, 0.3) is 0 Å². The number of hydrogen-bond donors (Lipinski definition) is 1. The Morgan fingerprint density at radius 1 is 1.33 bits per heavy atom. The third-order valence-electron chi connectivity index (χ3n) is 4.78. The van der Waals surface area contributed by atoms with Crippen molar-refractivity contribution in [2.45, 2.75) is 56.4 Å². The number of benzene rings is 1. The molecule has 152 valence electrons. The fraction of sp³-hybridized carbons (Fsp3) is 0.632. The maximum Gasteiger partial charge on any atom is 0.335 e. The molecule has 1 aromatic rings. The molecule has 1 unspecified atom stereocenters. The van der Waals surface area contributed by atoms with Crippen LogP contribution in [0.25, 0.3) is 0 Å². The van der Waals surface area contributed by atoms with Gasteiger partial charge in [-0.1, -0.05) is 19.4 Å². The van der Waals surface area contributed by atoms with Crippen molar-refractivity contribution < 1.29 is 27.4 Å². The number of carboxylic acids is 1. The molecule has 2 rings (SSSR count). The Kier molecular flexibility index (Phi) is 8.19. The number of alkyl halides is 1. The van der Waals surface area contributed by atoms with Crippen LogP contribution in [-0.4, -0.2) is 56.3 Å². The summed E-state index contributed by atoms with van der Waals surface area (Å²) in [5, 5.41) is 9.19. The van der Waals surface area contributed by atoms with Gasteiger partial charge in [0.05, 0.1) is 23.2 Å². The predicted molar refractivity (Wildman–Crippen MR) is 100 cm³/mol. The largest absolute Gasteiger partial charge is 0.478 e. The highest BCUT2D eigenvalue weighted by Gasteiger charge is 2.30. The first-order valence-electron chi connectivity index (χ1n) is 9.44. The van der Waals surface area contributed by atoms with E-state index in [0.29, 0.717) is 38.1 Å². The molecule has 27 heavy (non-hydrogen) atoms. The second kappa shape index (κ2) is 10.1. The minimum Gasteiger partial charge on any atom is -0.478 e. The molecule has 6 nitrogen and oxygen atoms in total. The maximum atomic E-state index is 13.1. The zero-order valence-electron chi connectivity index (χ0n) is 15.7. The van der Waals surface area contributed by atoms with E-state index < -0.39 is 22.7 Å². The Bertz CT molecular complexity index is 738. The van der Waals surface area contributed by atoms with E-state index in [1.807, 2.05) is 0 Å². The van der Waals surface area contributed by atoms with Crippen molar-refractivity contribution in [2.75, 3.05) is 26.4 Å². The van der Waals surface area contributed by atoms with E-state index in [2.05, 4.69) is 6.92 Å². The van der Waals surface area contributed by atoms with Crippen LogP contribution in [0.4, 0.5) is 4.39 Å². The number of aromatic carboxylic acids is 1. The molecule has 1 aliphatic rings. The number of aryl methyl sites for hydroxylation is 1. The van der Waals surface area contributed by atoms with Gasteiger partial charge in [0, 0.05) is 26.1 Å². The first kappa shape index (κ1) is 21.8. The Morgan fingerprint density at radius 2 is 2.11 bits per heavy atom. The molecule has 1 saturated heterocycles. The van der Waals surface area contributed by atoms with E-state index in [9.17, 15) is 22.7 Å². The molecule has 1 aliphatic heterocycles. The number of carboxylic acid groups (broad SMARTS) is 1. The molecule has 0 spiro atoms. The monoisotopic (exact) mass is 401 g/mol. The average molecular weight is 402 g/mol. The fourth-order valence-corrected chi connectivity index (χ4v) is 4.99. The summed E-state index contributed by atoms with van der Waals surface area (Å²) in [6.07, 6.45) is 4.06. The highest BCUT2D eigenvalue weighted by atomic mass is 32.2. The van der Waals surface area contributed by atoms with E-state index in [-0.39, 0.29) is 23.0 Å². The summed E-state index contributed by atoms with van der Waals surface area (Å²) in [5.74, 6) is -1.21. The number of halogens is 1. The molecule has 1 N–H and O–H groups in total. The van der Waals surface area contributed by atoms with Crippen LogP contribution in [0.15, 0.2) is 23.1 Å². The number of carbonyl (C=O) groups is 1. The first-order chi connectivity index (χ1) is 12.9. The summed E-state index contributed by atoms with van der Waals surface area (Å²) in [5.41, 5.74) is 0.189. The molecule has 0 radical (unpaired) electrons.